The van der Waals surface area contributed by atoms with E-state index in [4.69, 9.17) is 16.6 Å². The highest BCUT2D eigenvalue weighted by atomic mass is 32.2. The number of anilines is 1. The minimum atomic E-state index is -3.48. The number of hydrogen-bond donors (Lipinski definition) is 2. The van der Waals surface area contributed by atoms with E-state index in [-0.39, 0.29) is 10.9 Å². The van der Waals surface area contributed by atoms with Gasteiger partial charge in [0.2, 0.25) is 10.0 Å². The molecule has 0 saturated heterocycles. The van der Waals surface area contributed by atoms with Crippen molar-refractivity contribution in [2.24, 2.45) is 0 Å². The highest BCUT2D eigenvalue weighted by molar-refractivity contribution is 7.89. The molecule has 0 aliphatic rings. The van der Waals surface area contributed by atoms with Gasteiger partial charge in [-0.2, -0.15) is 0 Å². The van der Waals surface area contributed by atoms with Crippen molar-refractivity contribution in [1.82, 2.24) is 9.62 Å². The smallest absolute Gasteiger partial charge is 0.242 e. The second-order valence-corrected chi connectivity index (χ2v) is 7.71. The summed E-state index contributed by atoms with van der Waals surface area (Å²) in [5.41, 5.74) is 0.595. The predicted octanol–water partition coefficient (Wildman–Crippen LogP) is 2.58. The topological polar surface area (TPSA) is 74.6 Å². The first kappa shape index (κ1) is 17.5. The molecule has 0 aliphatic heterocycles. The standard InChI is InChI=1S/C15H19N3O3S2/c1-11(14-8-5-9-21-14)16-15(22)17-12-6-4-7-13(10-12)23(19,20)18(2)3/h4-11H,1-3H3,(H2,16,17,22)/t11-/m1/s1. The Morgan fingerprint density at radius 2 is 2.00 bits per heavy atom. The third kappa shape index (κ3) is 4.31. The first-order chi connectivity index (χ1) is 10.8. The molecule has 0 radical (unpaired) electrons. The fraction of sp³-hybridized carbons (Fsp3) is 0.267. The fourth-order valence-electron chi connectivity index (χ4n) is 1.92. The zero-order valence-corrected chi connectivity index (χ0v) is 14.7. The van der Waals surface area contributed by atoms with Gasteiger partial charge in [0.15, 0.2) is 5.11 Å². The normalized spacial score (nSPS) is 12.9. The van der Waals surface area contributed by atoms with Crippen LogP contribution in [-0.2, 0) is 10.0 Å². The summed E-state index contributed by atoms with van der Waals surface area (Å²) in [6.07, 6.45) is 1.60. The van der Waals surface area contributed by atoms with E-state index in [1.165, 1.54) is 18.4 Å². The van der Waals surface area contributed by atoms with Crippen molar-refractivity contribution in [2.45, 2.75) is 17.9 Å². The molecule has 0 saturated carbocycles. The van der Waals surface area contributed by atoms with Crippen LogP contribution in [0.4, 0.5) is 5.69 Å². The molecular weight excluding hydrogens is 334 g/mol. The Morgan fingerprint density at radius 3 is 2.61 bits per heavy atom. The van der Waals surface area contributed by atoms with Gasteiger partial charge in [0.05, 0.1) is 17.2 Å². The molecule has 6 nitrogen and oxygen atoms in total. The lowest BCUT2D eigenvalue weighted by molar-refractivity contribution is 0.464. The van der Waals surface area contributed by atoms with E-state index in [1.807, 2.05) is 13.0 Å². The van der Waals surface area contributed by atoms with Crippen LogP contribution >= 0.6 is 12.2 Å². The Labute approximate surface area is 141 Å². The second kappa shape index (κ2) is 7.12. The lowest BCUT2D eigenvalue weighted by Gasteiger charge is -2.16. The molecule has 1 aromatic heterocycles. The molecule has 2 rings (SSSR count). The largest absolute Gasteiger partial charge is 0.467 e. The van der Waals surface area contributed by atoms with Crippen molar-refractivity contribution >= 4 is 33.0 Å². The zero-order valence-electron chi connectivity index (χ0n) is 13.1. The van der Waals surface area contributed by atoms with Gasteiger partial charge in [0, 0.05) is 19.8 Å². The van der Waals surface area contributed by atoms with Crippen LogP contribution in [0, 0.1) is 0 Å². The second-order valence-electron chi connectivity index (χ2n) is 5.15. The summed E-state index contributed by atoms with van der Waals surface area (Å²) < 4.78 is 30.8. The van der Waals surface area contributed by atoms with Crippen molar-refractivity contribution in [2.75, 3.05) is 19.4 Å². The van der Waals surface area contributed by atoms with Gasteiger partial charge in [-0.1, -0.05) is 6.07 Å². The van der Waals surface area contributed by atoms with E-state index < -0.39 is 10.0 Å². The van der Waals surface area contributed by atoms with Crippen LogP contribution in [0.1, 0.15) is 18.7 Å². The maximum atomic E-state index is 12.1. The Bertz CT molecular complexity index is 771. The van der Waals surface area contributed by atoms with Gasteiger partial charge >= 0.3 is 0 Å². The number of hydrogen-bond acceptors (Lipinski definition) is 4. The summed E-state index contributed by atoms with van der Waals surface area (Å²) in [6.45, 7) is 1.92. The number of thiocarbonyl (C=S) groups is 1. The van der Waals surface area contributed by atoms with E-state index in [9.17, 15) is 8.42 Å². The van der Waals surface area contributed by atoms with Gasteiger partial charge in [0.1, 0.15) is 5.76 Å². The number of furan rings is 1. The summed E-state index contributed by atoms with van der Waals surface area (Å²) in [6, 6.07) is 10.1. The van der Waals surface area contributed by atoms with Crippen molar-refractivity contribution in [3.8, 4) is 0 Å². The Hall–Kier alpha value is -1.90. The monoisotopic (exact) mass is 353 g/mol. The molecule has 124 valence electrons. The Kier molecular flexibility index (Phi) is 5.40. The van der Waals surface area contributed by atoms with Crippen molar-refractivity contribution in [3.63, 3.8) is 0 Å². The Morgan fingerprint density at radius 1 is 1.26 bits per heavy atom. The first-order valence-corrected chi connectivity index (χ1v) is 8.79. The van der Waals surface area contributed by atoms with Crippen LogP contribution in [0.2, 0.25) is 0 Å². The third-order valence-corrected chi connectivity index (χ3v) is 5.22. The van der Waals surface area contributed by atoms with Crippen molar-refractivity contribution in [1.29, 1.82) is 0 Å². The van der Waals surface area contributed by atoms with Crippen LogP contribution in [0.5, 0.6) is 0 Å². The van der Waals surface area contributed by atoms with Gasteiger partial charge in [-0.3, -0.25) is 0 Å². The zero-order chi connectivity index (χ0) is 17.0. The molecule has 0 bridgehead atoms. The molecule has 23 heavy (non-hydrogen) atoms. The molecule has 2 aromatic rings. The summed E-state index contributed by atoms with van der Waals surface area (Å²) >= 11 is 5.25. The van der Waals surface area contributed by atoms with Crippen LogP contribution in [-0.4, -0.2) is 31.9 Å². The van der Waals surface area contributed by atoms with Gasteiger partial charge in [-0.05, 0) is 49.5 Å². The predicted molar refractivity (Wildman–Crippen MR) is 93.8 cm³/mol. The van der Waals surface area contributed by atoms with E-state index in [0.29, 0.717) is 10.8 Å². The molecule has 0 amide bonds. The highest BCUT2D eigenvalue weighted by Crippen LogP contribution is 2.18. The SMILES string of the molecule is C[C@@H](NC(=S)Nc1cccc(S(=O)(=O)N(C)C)c1)c1ccco1. The Balaban J connectivity index is 2.07. The van der Waals surface area contributed by atoms with Crippen molar-refractivity contribution < 1.29 is 12.8 Å². The van der Waals surface area contributed by atoms with E-state index in [2.05, 4.69) is 10.6 Å². The van der Waals surface area contributed by atoms with Gasteiger partial charge < -0.3 is 15.1 Å². The number of sulfonamides is 1. The molecule has 1 aromatic carbocycles. The molecule has 2 N–H and O–H groups in total. The summed E-state index contributed by atoms with van der Waals surface area (Å²) in [7, 11) is -0.494. The molecule has 0 fully saturated rings. The summed E-state index contributed by atoms with van der Waals surface area (Å²) in [4.78, 5) is 0.203. The minimum Gasteiger partial charge on any atom is -0.467 e. The number of rotatable bonds is 5. The molecular formula is C15H19N3O3S2. The molecule has 8 heteroatoms. The van der Waals surface area contributed by atoms with Crippen LogP contribution in [0.25, 0.3) is 0 Å². The number of nitrogens with one attached hydrogen (secondary N) is 2. The van der Waals surface area contributed by atoms with E-state index in [0.717, 1.165) is 5.76 Å². The van der Waals surface area contributed by atoms with Crippen LogP contribution in [0.3, 0.4) is 0 Å². The van der Waals surface area contributed by atoms with Crippen LogP contribution < -0.4 is 10.6 Å². The maximum absolute atomic E-state index is 12.1. The third-order valence-electron chi connectivity index (χ3n) is 3.19. The lowest BCUT2D eigenvalue weighted by Crippen LogP contribution is -2.30. The summed E-state index contributed by atoms with van der Waals surface area (Å²) in [5.74, 6) is 0.762. The quantitative estimate of drug-likeness (QED) is 0.805. The fourth-order valence-corrected chi connectivity index (χ4v) is 3.16. The average Bonchev–Trinajstić information content (AvgIpc) is 3.01. The molecule has 0 unspecified atom stereocenters. The van der Waals surface area contributed by atoms with E-state index in [1.54, 1.807) is 36.6 Å². The molecule has 1 heterocycles. The van der Waals surface area contributed by atoms with E-state index >= 15 is 0 Å². The minimum absolute atomic E-state index is 0.0984. The summed E-state index contributed by atoms with van der Waals surface area (Å²) in [5, 5.41) is 6.44. The molecule has 1 atom stereocenters. The number of nitrogens with zero attached hydrogens (tertiary/aromatic N) is 1. The number of benzene rings is 1. The molecule has 0 aliphatic carbocycles. The first-order valence-electron chi connectivity index (χ1n) is 6.94. The molecule has 0 spiro atoms. The van der Waals surface area contributed by atoms with Gasteiger partial charge in [-0.15, -0.1) is 0 Å². The average molecular weight is 353 g/mol. The lowest BCUT2D eigenvalue weighted by atomic mass is 10.2. The van der Waals surface area contributed by atoms with Gasteiger partial charge in [0.25, 0.3) is 0 Å². The maximum Gasteiger partial charge on any atom is 0.242 e. The van der Waals surface area contributed by atoms with Crippen molar-refractivity contribution in [3.05, 3.63) is 48.4 Å². The highest BCUT2D eigenvalue weighted by Gasteiger charge is 2.17. The van der Waals surface area contributed by atoms with Gasteiger partial charge in [-0.25, -0.2) is 12.7 Å². The van der Waals surface area contributed by atoms with Crippen LogP contribution in [0.15, 0.2) is 52.0 Å².